The summed E-state index contributed by atoms with van der Waals surface area (Å²) in [5, 5.41) is 19.0. The lowest BCUT2D eigenvalue weighted by molar-refractivity contribution is 1.46. The highest BCUT2D eigenvalue weighted by Crippen LogP contribution is 1.96. The Morgan fingerprint density at radius 2 is 1.50 bits per heavy atom. The molecular weight excluding hydrogens is 164 g/mol. The molecule has 0 unspecified atom stereocenters. The summed E-state index contributed by atoms with van der Waals surface area (Å²) in [7, 11) is 0. The smallest absolute Gasteiger partial charge is 0.138 e. The Morgan fingerprint density at radius 3 is 1.60 bits per heavy atom. The Balaban J connectivity index is 4.98. The Morgan fingerprint density at radius 1 is 1.10 bits per heavy atom. The Kier molecular flexibility index (Phi) is 4.23. The molecule has 10 heavy (non-hydrogen) atoms. The standard InChI is InChI=1S/C6H2N2S2/c7-1-5(2-8)6(3-9)4-10/h3-4H. The molecule has 0 aromatic heterocycles. The van der Waals surface area contributed by atoms with Crippen molar-refractivity contribution in [2.75, 3.05) is 0 Å². The van der Waals surface area contributed by atoms with Crippen LogP contribution in [0.5, 0.6) is 0 Å². The zero-order chi connectivity index (χ0) is 7.98. The van der Waals surface area contributed by atoms with Gasteiger partial charge in [0.1, 0.15) is 17.7 Å². The van der Waals surface area contributed by atoms with E-state index in [1.165, 1.54) is 10.7 Å². The molecule has 0 aliphatic rings. The molecule has 0 fully saturated rings. The lowest BCUT2D eigenvalue weighted by Crippen LogP contribution is -1.87. The average molecular weight is 166 g/mol. The van der Waals surface area contributed by atoms with Crippen molar-refractivity contribution < 1.29 is 0 Å². The van der Waals surface area contributed by atoms with Gasteiger partial charge in [0.05, 0.1) is 0 Å². The van der Waals surface area contributed by atoms with E-state index in [1.807, 2.05) is 0 Å². The molecule has 0 heterocycles. The first-order valence-corrected chi connectivity index (χ1v) is 3.19. The van der Waals surface area contributed by atoms with E-state index in [9.17, 15) is 0 Å². The summed E-state index contributed by atoms with van der Waals surface area (Å²) in [6, 6.07) is 3.35. The molecule has 0 atom stereocenters. The van der Waals surface area contributed by atoms with E-state index in [2.05, 4.69) is 24.4 Å². The van der Waals surface area contributed by atoms with Crippen LogP contribution in [-0.4, -0.2) is 10.7 Å². The van der Waals surface area contributed by atoms with Gasteiger partial charge in [-0.3, -0.25) is 0 Å². The van der Waals surface area contributed by atoms with Gasteiger partial charge in [-0.25, -0.2) is 0 Å². The van der Waals surface area contributed by atoms with E-state index >= 15 is 0 Å². The molecule has 0 saturated carbocycles. The first kappa shape index (κ1) is 8.90. The maximum atomic E-state index is 8.30. The van der Waals surface area contributed by atoms with Gasteiger partial charge in [0.25, 0.3) is 0 Å². The van der Waals surface area contributed by atoms with Crippen LogP contribution in [0.2, 0.25) is 0 Å². The topological polar surface area (TPSA) is 47.6 Å². The van der Waals surface area contributed by atoms with Crippen LogP contribution < -0.4 is 0 Å². The van der Waals surface area contributed by atoms with E-state index in [0.29, 0.717) is 5.57 Å². The molecule has 0 N–H and O–H groups in total. The summed E-state index contributed by atoms with van der Waals surface area (Å²) in [4.78, 5) is 0. The van der Waals surface area contributed by atoms with Gasteiger partial charge in [0, 0.05) is 16.3 Å². The van der Waals surface area contributed by atoms with Gasteiger partial charge in [-0.05, 0) is 0 Å². The summed E-state index contributed by atoms with van der Waals surface area (Å²) in [5.41, 5.74) is 0.292. The SMILES string of the molecule is N#CC(C#N)=C(C=S)C=S. The average Bonchev–Trinajstić information content (AvgIpc) is 2.00. The van der Waals surface area contributed by atoms with Crippen LogP contribution >= 0.6 is 24.4 Å². The number of nitrogens with zero attached hydrogens (tertiary/aromatic N) is 2. The van der Waals surface area contributed by atoms with E-state index in [1.54, 1.807) is 12.1 Å². The highest BCUT2D eigenvalue weighted by molar-refractivity contribution is 7.81. The Hall–Kier alpha value is -1.10. The van der Waals surface area contributed by atoms with Crippen LogP contribution in [0.1, 0.15) is 0 Å². The highest BCUT2D eigenvalue weighted by atomic mass is 32.1. The molecule has 0 amide bonds. The summed E-state index contributed by atoms with van der Waals surface area (Å²) in [6.07, 6.45) is 0. The molecule has 0 spiro atoms. The third-order valence-electron chi connectivity index (χ3n) is 0.766. The molecule has 2 nitrogen and oxygen atoms in total. The number of rotatable bonds is 2. The van der Waals surface area contributed by atoms with Gasteiger partial charge in [-0.15, -0.1) is 0 Å². The van der Waals surface area contributed by atoms with Crippen molar-refractivity contribution in [1.82, 2.24) is 0 Å². The monoisotopic (exact) mass is 166 g/mol. The van der Waals surface area contributed by atoms with Crippen LogP contribution in [0, 0.1) is 22.7 Å². The van der Waals surface area contributed by atoms with Gasteiger partial charge in [0.15, 0.2) is 0 Å². The zero-order valence-corrected chi connectivity index (χ0v) is 6.50. The Bertz CT molecular complexity index is 238. The van der Waals surface area contributed by atoms with Crippen molar-refractivity contribution in [3.63, 3.8) is 0 Å². The minimum absolute atomic E-state index is 0.0370. The number of thiocarbonyl (C=S) groups is 2. The fraction of sp³-hybridized carbons (Fsp3) is 0. The van der Waals surface area contributed by atoms with Gasteiger partial charge in [-0.1, -0.05) is 24.4 Å². The number of hydrogen-bond donors (Lipinski definition) is 0. The second-order valence-corrected chi connectivity index (χ2v) is 1.76. The summed E-state index contributed by atoms with van der Waals surface area (Å²) in [6.45, 7) is 0. The number of nitriles is 2. The van der Waals surface area contributed by atoms with Gasteiger partial charge >= 0.3 is 0 Å². The number of allylic oxidation sites excluding steroid dienone is 2. The Labute approximate surface area is 69.4 Å². The van der Waals surface area contributed by atoms with Crippen LogP contribution in [0.15, 0.2) is 11.1 Å². The molecular formula is C6H2N2S2. The molecule has 48 valence electrons. The maximum Gasteiger partial charge on any atom is 0.138 e. The van der Waals surface area contributed by atoms with Crippen LogP contribution in [-0.2, 0) is 0 Å². The van der Waals surface area contributed by atoms with Gasteiger partial charge < -0.3 is 0 Å². The van der Waals surface area contributed by atoms with Crippen molar-refractivity contribution in [2.45, 2.75) is 0 Å². The molecule has 0 rings (SSSR count). The third-order valence-corrected chi connectivity index (χ3v) is 1.27. The van der Waals surface area contributed by atoms with Gasteiger partial charge in [0.2, 0.25) is 0 Å². The van der Waals surface area contributed by atoms with E-state index < -0.39 is 0 Å². The van der Waals surface area contributed by atoms with Crippen LogP contribution in [0.3, 0.4) is 0 Å². The first-order chi connectivity index (χ1) is 4.79. The molecule has 0 aliphatic carbocycles. The van der Waals surface area contributed by atoms with Crippen molar-refractivity contribution in [3.8, 4) is 12.1 Å². The first-order valence-electron chi connectivity index (χ1n) is 2.25. The molecule has 0 aliphatic heterocycles. The van der Waals surface area contributed by atoms with E-state index in [-0.39, 0.29) is 5.57 Å². The molecule has 4 heteroatoms. The minimum Gasteiger partial charge on any atom is -0.192 e. The summed E-state index contributed by atoms with van der Waals surface area (Å²) in [5.74, 6) is 0. The van der Waals surface area contributed by atoms with Crippen LogP contribution in [0.25, 0.3) is 0 Å². The predicted molar refractivity (Wildman–Crippen MR) is 45.6 cm³/mol. The fourth-order valence-corrected chi connectivity index (χ4v) is 0.758. The molecule has 0 aromatic rings. The van der Waals surface area contributed by atoms with E-state index in [0.717, 1.165) is 0 Å². The predicted octanol–water partition coefficient (Wildman–Crippen LogP) is 1.33. The summed E-state index contributed by atoms with van der Waals surface area (Å²) >= 11 is 9.00. The quantitative estimate of drug-likeness (QED) is 0.353. The molecule has 0 saturated heterocycles. The second-order valence-electron chi connectivity index (χ2n) is 1.29. The van der Waals surface area contributed by atoms with Crippen molar-refractivity contribution in [3.05, 3.63) is 11.1 Å². The largest absolute Gasteiger partial charge is 0.192 e. The normalized spacial score (nSPS) is 6.60. The highest BCUT2D eigenvalue weighted by Gasteiger charge is 1.97. The number of hydrogen-bond acceptors (Lipinski definition) is 4. The van der Waals surface area contributed by atoms with Crippen molar-refractivity contribution in [1.29, 1.82) is 10.5 Å². The molecule has 0 aromatic carbocycles. The summed E-state index contributed by atoms with van der Waals surface area (Å²) < 4.78 is 0. The van der Waals surface area contributed by atoms with Crippen LogP contribution in [0.4, 0.5) is 0 Å². The fourth-order valence-electron chi connectivity index (χ4n) is 0.300. The second kappa shape index (κ2) is 4.75. The molecule has 0 bridgehead atoms. The van der Waals surface area contributed by atoms with Crippen molar-refractivity contribution in [2.24, 2.45) is 0 Å². The lowest BCUT2D eigenvalue weighted by Gasteiger charge is -1.84. The zero-order valence-electron chi connectivity index (χ0n) is 4.87. The lowest BCUT2D eigenvalue weighted by atomic mass is 10.2. The van der Waals surface area contributed by atoms with Gasteiger partial charge in [-0.2, -0.15) is 10.5 Å². The van der Waals surface area contributed by atoms with Crippen molar-refractivity contribution >= 4 is 35.2 Å². The molecule has 0 radical (unpaired) electrons. The minimum atomic E-state index is -0.0370. The third kappa shape index (κ3) is 2.02. The maximum absolute atomic E-state index is 8.30. The van der Waals surface area contributed by atoms with E-state index in [4.69, 9.17) is 10.5 Å².